The van der Waals surface area contributed by atoms with Gasteiger partial charge in [-0.2, -0.15) is 0 Å². The monoisotopic (exact) mass is 325 g/mol. The molecular weight excluding hydrogens is 302 g/mol. The summed E-state index contributed by atoms with van der Waals surface area (Å²) in [7, 11) is 1.62. The van der Waals surface area contributed by atoms with Crippen LogP contribution >= 0.6 is 11.3 Å². The van der Waals surface area contributed by atoms with Gasteiger partial charge in [0.2, 0.25) is 5.91 Å². The Balaban J connectivity index is 2.13. The lowest BCUT2D eigenvalue weighted by molar-refractivity contribution is -0.125. The van der Waals surface area contributed by atoms with Crippen molar-refractivity contribution in [1.29, 1.82) is 0 Å². The van der Waals surface area contributed by atoms with Crippen LogP contribution < -0.4 is 11.1 Å². The third kappa shape index (κ3) is 3.85. The maximum Gasteiger partial charge on any atom is 0.264 e. The van der Waals surface area contributed by atoms with Crippen molar-refractivity contribution in [3.05, 3.63) is 21.9 Å². The molecule has 7 heteroatoms. The van der Waals surface area contributed by atoms with Crippen molar-refractivity contribution in [3.8, 4) is 0 Å². The number of rotatable bonds is 5. The summed E-state index contributed by atoms with van der Waals surface area (Å²) in [5.74, 6) is -0.269. The number of nitrogens with two attached hydrogens (primary N) is 1. The second-order valence-corrected chi connectivity index (χ2v) is 7.00. The van der Waals surface area contributed by atoms with E-state index in [1.165, 1.54) is 11.3 Å². The van der Waals surface area contributed by atoms with Gasteiger partial charge in [-0.15, -0.1) is 11.3 Å². The quantitative estimate of drug-likeness (QED) is 0.844. The van der Waals surface area contributed by atoms with Gasteiger partial charge in [0.1, 0.15) is 6.04 Å². The molecule has 2 rings (SSSR count). The Labute approximate surface area is 134 Å². The number of hydrogen-bond acceptors (Lipinski definition) is 5. The molecule has 1 saturated heterocycles. The van der Waals surface area contributed by atoms with E-state index in [-0.39, 0.29) is 23.9 Å². The highest BCUT2D eigenvalue weighted by Crippen LogP contribution is 2.24. The largest absolute Gasteiger partial charge is 0.379 e. The average molecular weight is 325 g/mol. The summed E-state index contributed by atoms with van der Waals surface area (Å²) < 4.78 is 5.07. The molecule has 1 aromatic rings. The highest BCUT2D eigenvalue weighted by Gasteiger charge is 2.38. The summed E-state index contributed by atoms with van der Waals surface area (Å²) in [6.45, 7) is 4.69. The third-order valence-electron chi connectivity index (χ3n) is 3.49. The fraction of sp³-hybridized carbons (Fsp3) is 0.600. The van der Waals surface area contributed by atoms with Gasteiger partial charge in [0.05, 0.1) is 11.5 Å². The molecule has 0 spiro atoms. The molecular formula is C15H23N3O3S. The highest BCUT2D eigenvalue weighted by molar-refractivity contribution is 7.14. The zero-order valence-electron chi connectivity index (χ0n) is 13.2. The lowest BCUT2D eigenvalue weighted by atomic mass is 10.1. The van der Waals surface area contributed by atoms with E-state index in [2.05, 4.69) is 5.32 Å². The van der Waals surface area contributed by atoms with Crippen LogP contribution in [-0.2, 0) is 16.1 Å². The van der Waals surface area contributed by atoms with Gasteiger partial charge in [-0.25, -0.2) is 0 Å². The van der Waals surface area contributed by atoms with Crippen molar-refractivity contribution in [3.63, 3.8) is 0 Å². The number of carbonyl (C=O) groups is 2. The predicted molar refractivity (Wildman–Crippen MR) is 85.7 cm³/mol. The number of ether oxygens (including phenoxy) is 1. The molecule has 0 bridgehead atoms. The van der Waals surface area contributed by atoms with Crippen molar-refractivity contribution in [2.75, 3.05) is 13.7 Å². The first-order valence-electron chi connectivity index (χ1n) is 7.37. The topological polar surface area (TPSA) is 84.7 Å². The van der Waals surface area contributed by atoms with Crippen LogP contribution in [0.2, 0.25) is 0 Å². The summed E-state index contributed by atoms with van der Waals surface area (Å²) in [5, 5.41) is 2.86. The van der Waals surface area contributed by atoms with Crippen LogP contribution in [0.4, 0.5) is 0 Å². The van der Waals surface area contributed by atoms with Crippen LogP contribution in [0.1, 0.15) is 34.8 Å². The van der Waals surface area contributed by atoms with Gasteiger partial charge >= 0.3 is 0 Å². The fourth-order valence-electron chi connectivity index (χ4n) is 2.58. The number of hydrogen-bond donors (Lipinski definition) is 2. The van der Waals surface area contributed by atoms with E-state index >= 15 is 0 Å². The Hall–Kier alpha value is -1.44. The number of methoxy groups -OCH3 is 1. The molecule has 0 radical (unpaired) electrons. The van der Waals surface area contributed by atoms with Crippen molar-refractivity contribution in [2.24, 2.45) is 5.73 Å². The standard InChI is InChI=1S/C15H23N3O3S/c1-9(2)17-14(19)12-6-10(16)7-18(12)15(20)13-5-4-11(22-13)8-21-3/h4-5,9-10,12H,6-8,16H2,1-3H3,(H,17,19)/t10-,12-/m0/s1. The Bertz CT molecular complexity index is 544. The van der Waals surface area contributed by atoms with E-state index < -0.39 is 6.04 Å². The Kier molecular flexibility index (Phi) is 5.55. The second-order valence-electron chi connectivity index (χ2n) is 5.83. The third-order valence-corrected chi connectivity index (χ3v) is 4.53. The lowest BCUT2D eigenvalue weighted by Gasteiger charge is -2.24. The van der Waals surface area contributed by atoms with E-state index in [1.54, 1.807) is 18.1 Å². The number of likely N-dealkylation sites (tertiary alicyclic amines) is 1. The maximum absolute atomic E-state index is 12.7. The molecule has 2 atom stereocenters. The normalized spacial score (nSPS) is 21.4. The van der Waals surface area contributed by atoms with Crippen molar-refractivity contribution < 1.29 is 14.3 Å². The summed E-state index contributed by atoms with van der Waals surface area (Å²) in [4.78, 5) is 28.1. The molecule has 0 aliphatic carbocycles. The molecule has 1 aliphatic rings. The Morgan fingerprint density at radius 1 is 1.50 bits per heavy atom. The van der Waals surface area contributed by atoms with Crippen LogP contribution in [0.25, 0.3) is 0 Å². The highest BCUT2D eigenvalue weighted by atomic mass is 32.1. The van der Waals surface area contributed by atoms with E-state index in [4.69, 9.17) is 10.5 Å². The van der Waals surface area contributed by atoms with Gasteiger partial charge in [-0.1, -0.05) is 0 Å². The molecule has 1 aliphatic heterocycles. The SMILES string of the molecule is COCc1ccc(C(=O)N2C[C@@H](N)C[C@H]2C(=O)NC(C)C)s1. The lowest BCUT2D eigenvalue weighted by Crippen LogP contribution is -2.47. The Morgan fingerprint density at radius 2 is 2.23 bits per heavy atom. The zero-order chi connectivity index (χ0) is 16.3. The first-order valence-corrected chi connectivity index (χ1v) is 8.18. The number of thiophene rings is 1. The van der Waals surface area contributed by atoms with Crippen molar-refractivity contribution >= 4 is 23.2 Å². The van der Waals surface area contributed by atoms with Crippen molar-refractivity contribution in [2.45, 2.75) is 45.0 Å². The summed E-state index contributed by atoms with van der Waals surface area (Å²) in [6, 6.07) is 3.04. The molecule has 122 valence electrons. The molecule has 22 heavy (non-hydrogen) atoms. The smallest absolute Gasteiger partial charge is 0.264 e. The average Bonchev–Trinajstić information content (AvgIpc) is 3.04. The molecule has 2 amide bonds. The molecule has 1 aromatic heterocycles. The van der Waals surface area contributed by atoms with Gasteiger partial charge in [0, 0.05) is 30.6 Å². The van der Waals surface area contributed by atoms with Gasteiger partial charge in [-0.3, -0.25) is 9.59 Å². The van der Waals surface area contributed by atoms with E-state index in [1.807, 2.05) is 19.9 Å². The van der Waals surface area contributed by atoms with Gasteiger partial charge in [0.15, 0.2) is 0 Å². The van der Waals surface area contributed by atoms with E-state index in [0.717, 1.165) is 4.88 Å². The van der Waals surface area contributed by atoms with Gasteiger partial charge in [0.25, 0.3) is 5.91 Å². The zero-order valence-corrected chi connectivity index (χ0v) is 14.0. The predicted octanol–water partition coefficient (Wildman–Crippen LogP) is 0.961. The van der Waals surface area contributed by atoms with E-state index in [9.17, 15) is 9.59 Å². The summed E-state index contributed by atoms with van der Waals surface area (Å²) >= 11 is 1.39. The van der Waals surface area contributed by atoms with Crippen LogP contribution in [0.5, 0.6) is 0 Å². The van der Waals surface area contributed by atoms with Crippen molar-refractivity contribution in [1.82, 2.24) is 10.2 Å². The van der Waals surface area contributed by atoms with Crippen LogP contribution in [0, 0.1) is 0 Å². The van der Waals surface area contributed by atoms with Crippen LogP contribution in [-0.4, -0.2) is 48.5 Å². The van der Waals surface area contributed by atoms with Gasteiger partial charge < -0.3 is 20.7 Å². The fourth-order valence-corrected chi connectivity index (χ4v) is 3.51. The number of nitrogens with zero attached hydrogens (tertiary/aromatic N) is 1. The second kappa shape index (κ2) is 7.21. The molecule has 1 fully saturated rings. The van der Waals surface area contributed by atoms with Crippen LogP contribution in [0.3, 0.4) is 0 Å². The molecule has 0 aromatic carbocycles. The molecule has 6 nitrogen and oxygen atoms in total. The minimum absolute atomic E-state index is 0.0383. The van der Waals surface area contributed by atoms with E-state index in [0.29, 0.717) is 24.4 Å². The summed E-state index contributed by atoms with van der Waals surface area (Å²) in [6.07, 6.45) is 0.501. The minimum Gasteiger partial charge on any atom is -0.379 e. The number of carbonyl (C=O) groups excluding carboxylic acids is 2. The Morgan fingerprint density at radius 3 is 2.86 bits per heavy atom. The molecule has 3 N–H and O–H groups in total. The van der Waals surface area contributed by atoms with Gasteiger partial charge in [-0.05, 0) is 32.4 Å². The number of nitrogens with one attached hydrogen (secondary N) is 1. The molecule has 0 saturated carbocycles. The first kappa shape index (κ1) is 16.9. The molecule has 2 heterocycles. The summed E-state index contributed by atoms with van der Waals surface area (Å²) in [5.41, 5.74) is 5.96. The van der Waals surface area contributed by atoms with Crippen LogP contribution in [0.15, 0.2) is 12.1 Å². The minimum atomic E-state index is -0.488. The molecule has 0 unspecified atom stereocenters. The first-order chi connectivity index (χ1) is 10.4. The number of amides is 2. The maximum atomic E-state index is 12.7.